The van der Waals surface area contributed by atoms with Gasteiger partial charge in [-0.3, -0.25) is 4.79 Å². The molecule has 2 aromatic rings. The summed E-state index contributed by atoms with van der Waals surface area (Å²) in [6.45, 7) is 5.85. The molecule has 5 nitrogen and oxygen atoms in total. The minimum Gasteiger partial charge on any atom is -0.493 e. The molecule has 2 aromatic carbocycles. The minimum atomic E-state index is -0.542. The Balaban J connectivity index is 2.06. The van der Waals surface area contributed by atoms with Gasteiger partial charge in [-0.1, -0.05) is 25.1 Å². The van der Waals surface area contributed by atoms with E-state index < -0.39 is 6.10 Å². The first-order chi connectivity index (χ1) is 12.5. The van der Waals surface area contributed by atoms with E-state index in [0.717, 1.165) is 11.1 Å². The molecular formula is C21H27NO4. The van der Waals surface area contributed by atoms with E-state index in [9.17, 15) is 4.79 Å². The van der Waals surface area contributed by atoms with Gasteiger partial charge >= 0.3 is 0 Å². The van der Waals surface area contributed by atoms with Crippen LogP contribution in [0, 0.1) is 6.92 Å². The quantitative estimate of drug-likeness (QED) is 0.774. The van der Waals surface area contributed by atoms with Gasteiger partial charge in [0.25, 0.3) is 5.91 Å². The molecule has 0 aliphatic rings. The number of carbonyl (C=O) groups is 1. The van der Waals surface area contributed by atoms with E-state index in [1.54, 1.807) is 14.2 Å². The highest BCUT2D eigenvalue weighted by Crippen LogP contribution is 2.30. The molecule has 0 unspecified atom stereocenters. The van der Waals surface area contributed by atoms with Crippen LogP contribution >= 0.6 is 0 Å². The van der Waals surface area contributed by atoms with Crippen LogP contribution in [0.1, 0.15) is 37.4 Å². The maximum Gasteiger partial charge on any atom is 0.261 e. The van der Waals surface area contributed by atoms with Crippen molar-refractivity contribution in [3.05, 3.63) is 53.6 Å². The number of methoxy groups -OCH3 is 2. The Morgan fingerprint density at radius 1 is 1.08 bits per heavy atom. The number of ether oxygens (including phenoxy) is 3. The molecule has 0 aliphatic heterocycles. The Kier molecular flexibility index (Phi) is 6.89. The molecular weight excluding hydrogens is 330 g/mol. The van der Waals surface area contributed by atoms with E-state index in [1.165, 1.54) is 0 Å². The third kappa shape index (κ3) is 4.91. The van der Waals surface area contributed by atoms with Crippen molar-refractivity contribution >= 4 is 5.91 Å². The fraction of sp³-hybridized carbons (Fsp3) is 0.381. The van der Waals surface area contributed by atoms with Gasteiger partial charge in [0.05, 0.1) is 20.3 Å². The molecule has 2 atom stereocenters. The van der Waals surface area contributed by atoms with E-state index in [-0.39, 0.29) is 11.9 Å². The zero-order valence-electron chi connectivity index (χ0n) is 16.0. The molecule has 0 aliphatic carbocycles. The van der Waals surface area contributed by atoms with Gasteiger partial charge in [-0.05, 0) is 55.7 Å². The van der Waals surface area contributed by atoms with Crippen LogP contribution in [-0.2, 0) is 4.79 Å². The average Bonchev–Trinajstić information content (AvgIpc) is 2.65. The number of benzene rings is 2. The van der Waals surface area contributed by atoms with Gasteiger partial charge in [-0.2, -0.15) is 0 Å². The van der Waals surface area contributed by atoms with Gasteiger partial charge in [0, 0.05) is 0 Å². The van der Waals surface area contributed by atoms with E-state index in [1.807, 2.05) is 63.2 Å². The molecule has 0 bridgehead atoms. The van der Waals surface area contributed by atoms with Gasteiger partial charge in [0.1, 0.15) is 5.75 Å². The van der Waals surface area contributed by atoms with Crippen molar-refractivity contribution < 1.29 is 19.0 Å². The lowest BCUT2D eigenvalue weighted by molar-refractivity contribution is -0.128. The standard InChI is InChI=1S/C21H27NO4/c1-6-18(26-17-9-7-8-14(2)12-17)21(23)22-15(3)16-10-11-19(24-4)20(13-16)25-5/h7-13,15,18H,6H2,1-5H3,(H,22,23)/t15-,18+/m1/s1. The summed E-state index contributed by atoms with van der Waals surface area (Å²) in [5, 5.41) is 3.01. The van der Waals surface area contributed by atoms with Crippen LogP contribution in [-0.4, -0.2) is 26.2 Å². The summed E-state index contributed by atoms with van der Waals surface area (Å²) < 4.78 is 16.4. The largest absolute Gasteiger partial charge is 0.493 e. The monoisotopic (exact) mass is 357 g/mol. The van der Waals surface area contributed by atoms with Gasteiger partial charge in [-0.25, -0.2) is 0 Å². The zero-order chi connectivity index (χ0) is 19.1. The number of nitrogens with one attached hydrogen (secondary N) is 1. The van der Waals surface area contributed by atoms with Crippen molar-refractivity contribution in [1.82, 2.24) is 5.32 Å². The van der Waals surface area contributed by atoms with Crippen LogP contribution in [0.2, 0.25) is 0 Å². The van der Waals surface area contributed by atoms with Crippen LogP contribution < -0.4 is 19.5 Å². The second kappa shape index (κ2) is 9.13. The molecule has 0 spiro atoms. The average molecular weight is 357 g/mol. The smallest absolute Gasteiger partial charge is 0.261 e. The lowest BCUT2D eigenvalue weighted by Crippen LogP contribution is -2.39. The normalized spacial score (nSPS) is 12.8. The minimum absolute atomic E-state index is 0.142. The number of amides is 1. The predicted octanol–water partition coefficient (Wildman–Crippen LogP) is 4.05. The highest BCUT2D eigenvalue weighted by atomic mass is 16.5. The van der Waals surface area contributed by atoms with Crippen molar-refractivity contribution in [2.24, 2.45) is 0 Å². The second-order valence-electron chi connectivity index (χ2n) is 6.18. The number of hydrogen-bond donors (Lipinski definition) is 1. The Morgan fingerprint density at radius 2 is 1.81 bits per heavy atom. The number of carbonyl (C=O) groups excluding carboxylic acids is 1. The van der Waals surface area contributed by atoms with Crippen LogP contribution in [0.3, 0.4) is 0 Å². The highest BCUT2D eigenvalue weighted by molar-refractivity contribution is 5.81. The molecule has 0 heterocycles. The maximum atomic E-state index is 12.6. The highest BCUT2D eigenvalue weighted by Gasteiger charge is 2.21. The molecule has 0 radical (unpaired) electrons. The van der Waals surface area contributed by atoms with Gasteiger partial charge < -0.3 is 19.5 Å². The lowest BCUT2D eigenvalue weighted by atomic mass is 10.1. The topological polar surface area (TPSA) is 56.8 Å². The first kappa shape index (κ1) is 19.6. The predicted molar refractivity (Wildman–Crippen MR) is 102 cm³/mol. The van der Waals surface area contributed by atoms with Crippen LogP contribution in [0.25, 0.3) is 0 Å². The van der Waals surface area contributed by atoms with E-state index in [2.05, 4.69) is 5.32 Å². The van der Waals surface area contributed by atoms with Crippen molar-refractivity contribution in [1.29, 1.82) is 0 Å². The zero-order valence-corrected chi connectivity index (χ0v) is 16.0. The molecule has 0 saturated heterocycles. The van der Waals surface area contributed by atoms with Gasteiger partial charge in [0.15, 0.2) is 17.6 Å². The molecule has 26 heavy (non-hydrogen) atoms. The van der Waals surface area contributed by atoms with Crippen molar-refractivity contribution in [3.8, 4) is 17.2 Å². The lowest BCUT2D eigenvalue weighted by Gasteiger charge is -2.21. The first-order valence-electron chi connectivity index (χ1n) is 8.74. The van der Waals surface area contributed by atoms with Crippen LogP contribution in [0.5, 0.6) is 17.2 Å². The van der Waals surface area contributed by atoms with Crippen LogP contribution in [0.4, 0.5) is 0 Å². The summed E-state index contributed by atoms with van der Waals surface area (Å²) in [5.41, 5.74) is 2.03. The summed E-state index contributed by atoms with van der Waals surface area (Å²) in [4.78, 5) is 12.6. The Morgan fingerprint density at radius 3 is 2.42 bits per heavy atom. The third-order valence-corrected chi connectivity index (χ3v) is 4.20. The number of hydrogen-bond acceptors (Lipinski definition) is 4. The van der Waals surface area contributed by atoms with Crippen molar-refractivity contribution in [3.63, 3.8) is 0 Å². The fourth-order valence-corrected chi connectivity index (χ4v) is 2.69. The van der Waals surface area contributed by atoms with Gasteiger partial charge in [0.2, 0.25) is 0 Å². The van der Waals surface area contributed by atoms with E-state index >= 15 is 0 Å². The summed E-state index contributed by atoms with van der Waals surface area (Å²) in [6.07, 6.45) is 0.0395. The Hall–Kier alpha value is -2.69. The summed E-state index contributed by atoms with van der Waals surface area (Å²) in [5.74, 6) is 1.85. The fourth-order valence-electron chi connectivity index (χ4n) is 2.69. The molecule has 1 N–H and O–H groups in total. The van der Waals surface area contributed by atoms with E-state index in [0.29, 0.717) is 23.7 Å². The second-order valence-corrected chi connectivity index (χ2v) is 6.18. The molecule has 140 valence electrons. The van der Waals surface area contributed by atoms with Crippen LogP contribution in [0.15, 0.2) is 42.5 Å². The Bertz CT molecular complexity index is 745. The molecule has 0 saturated carbocycles. The number of aryl methyl sites for hydroxylation is 1. The maximum absolute atomic E-state index is 12.6. The summed E-state index contributed by atoms with van der Waals surface area (Å²) >= 11 is 0. The third-order valence-electron chi connectivity index (χ3n) is 4.20. The molecule has 0 fully saturated rings. The Labute approximate surface area is 155 Å². The van der Waals surface area contributed by atoms with Crippen molar-refractivity contribution in [2.75, 3.05) is 14.2 Å². The van der Waals surface area contributed by atoms with Crippen molar-refractivity contribution in [2.45, 2.75) is 39.3 Å². The first-order valence-corrected chi connectivity index (χ1v) is 8.74. The molecule has 2 rings (SSSR count). The van der Waals surface area contributed by atoms with E-state index in [4.69, 9.17) is 14.2 Å². The number of rotatable bonds is 8. The summed E-state index contributed by atoms with van der Waals surface area (Å²) in [7, 11) is 3.19. The summed E-state index contributed by atoms with van der Waals surface area (Å²) in [6, 6.07) is 13.1. The van der Waals surface area contributed by atoms with Gasteiger partial charge in [-0.15, -0.1) is 0 Å². The SMILES string of the molecule is CC[C@H](Oc1cccc(C)c1)C(=O)N[C@H](C)c1ccc(OC)c(OC)c1. The molecule has 5 heteroatoms. The molecule has 1 amide bonds. The molecule has 0 aromatic heterocycles.